The van der Waals surface area contributed by atoms with Crippen molar-refractivity contribution in [2.75, 3.05) is 5.32 Å². The van der Waals surface area contributed by atoms with Crippen LogP contribution in [0.25, 0.3) is 0 Å². The third-order valence-corrected chi connectivity index (χ3v) is 3.16. The monoisotopic (exact) mass is 272 g/mol. The van der Waals surface area contributed by atoms with Crippen LogP contribution in [0.5, 0.6) is 5.75 Å². The van der Waals surface area contributed by atoms with Crippen molar-refractivity contribution in [1.29, 1.82) is 0 Å². The van der Waals surface area contributed by atoms with Crippen LogP contribution < -0.4 is 5.32 Å². The first-order valence-corrected chi connectivity index (χ1v) is 6.28. The first-order valence-electron chi connectivity index (χ1n) is 6.28. The smallest absolute Gasteiger partial charge is 0.269 e. The van der Waals surface area contributed by atoms with Crippen molar-refractivity contribution in [3.05, 3.63) is 63.7 Å². The van der Waals surface area contributed by atoms with Crippen molar-refractivity contribution in [3.63, 3.8) is 0 Å². The fraction of sp³-hybridized carbons (Fsp3) is 0.200. The molecule has 0 saturated carbocycles. The van der Waals surface area contributed by atoms with Gasteiger partial charge in [0.1, 0.15) is 5.75 Å². The maximum Gasteiger partial charge on any atom is 0.269 e. The molecule has 104 valence electrons. The first-order chi connectivity index (χ1) is 9.47. The molecule has 0 aliphatic heterocycles. The number of nitrogens with zero attached hydrogens (tertiary/aromatic N) is 1. The highest BCUT2D eigenvalue weighted by Crippen LogP contribution is 2.26. The van der Waals surface area contributed by atoms with Crippen LogP contribution in [0.2, 0.25) is 0 Å². The summed E-state index contributed by atoms with van der Waals surface area (Å²) < 4.78 is 0. The summed E-state index contributed by atoms with van der Waals surface area (Å²) in [5, 5.41) is 23.5. The lowest BCUT2D eigenvalue weighted by molar-refractivity contribution is -0.384. The molecule has 0 spiro atoms. The van der Waals surface area contributed by atoms with Crippen LogP contribution in [0.1, 0.15) is 24.1 Å². The lowest BCUT2D eigenvalue weighted by Crippen LogP contribution is -2.07. The molecule has 5 heteroatoms. The second-order valence-corrected chi connectivity index (χ2v) is 4.72. The van der Waals surface area contributed by atoms with E-state index in [1.54, 1.807) is 30.3 Å². The Bertz CT molecular complexity index is 641. The minimum Gasteiger partial charge on any atom is -0.508 e. The molecule has 0 radical (unpaired) electrons. The summed E-state index contributed by atoms with van der Waals surface area (Å²) in [4.78, 5) is 10.4. The highest BCUT2D eigenvalue weighted by atomic mass is 16.6. The number of benzene rings is 2. The van der Waals surface area contributed by atoms with Gasteiger partial charge in [0.15, 0.2) is 0 Å². The number of nitro benzene ring substituents is 1. The predicted octanol–water partition coefficient (Wildman–Crippen LogP) is 3.78. The minimum absolute atomic E-state index is 0.0712. The number of hydrogen-bond donors (Lipinski definition) is 2. The van der Waals surface area contributed by atoms with Crippen LogP contribution in [0.3, 0.4) is 0 Å². The van der Waals surface area contributed by atoms with E-state index in [-0.39, 0.29) is 17.5 Å². The zero-order valence-electron chi connectivity index (χ0n) is 11.3. The molecule has 0 aliphatic rings. The Labute approximate surface area is 117 Å². The van der Waals surface area contributed by atoms with Crippen molar-refractivity contribution >= 4 is 11.4 Å². The number of anilines is 1. The number of nitrogens with one attached hydrogen (secondary N) is 1. The molecule has 20 heavy (non-hydrogen) atoms. The number of phenolic OH excluding ortho intramolecular Hbond substituents is 1. The molecule has 2 aromatic carbocycles. The molecule has 0 heterocycles. The van der Waals surface area contributed by atoms with Gasteiger partial charge < -0.3 is 10.4 Å². The maximum absolute atomic E-state index is 10.8. The van der Waals surface area contributed by atoms with Crippen LogP contribution in [0, 0.1) is 17.0 Å². The number of non-ortho nitro benzene ring substituents is 1. The number of aromatic hydroxyl groups is 1. The number of nitro groups is 1. The zero-order valence-corrected chi connectivity index (χ0v) is 11.3. The average molecular weight is 272 g/mol. The lowest BCUT2D eigenvalue weighted by atomic mass is 10.1. The highest BCUT2D eigenvalue weighted by molar-refractivity contribution is 5.54. The summed E-state index contributed by atoms with van der Waals surface area (Å²) in [5.41, 5.74) is 2.73. The van der Waals surface area contributed by atoms with Gasteiger partial charge in [-0.3, -0.25) is 10.1 Å². The Morgan fingerprint density at radius 3 is 2.65 bits per heavy atom. The van der Waals surface area contributed by atoms with Crippen LogP contribution in [0.4, 0.5) is 11.4 Å². The van der Waals surface area contributed by atoms with Crippen LogP contribution in [-0.2, 0) is 0 Å². The first kappa shape index (κ1) is 13.9. The van der Waals surface area contributed by atoms with E-state index >= 15 is 0 Å². The van der Waals surface area contributed by atoms with Crippen LogP contribution in [-0.4, -0.2) is 10.0 Å². The molecule has 0 bridgehead atoms. The molecule has 0 saturated heterocycles. The van der Waals surface area contributed by atoms with Crippen molar-refractivity contribution in [2.45, 2.75) is 19.9 Å². The third kappa shape index (κ3) is 3.06. The fourth-order valence-corrected chi connectivity index (χ4v) is 2.03. The number of aryl methyl sites for hydroxylation is 1. The molecular weight excluding hydrogens is 256 g/mol. The predicted molar refractivity (Wildman–Crippen MR) is 78.0 cm³/mol. The van der Waals surface area contributed by atoms with Gasteiger partial charge in [-0.25, -0.2) is 0 Å². The Kier molecular flexibility index (Phi) is 3.89. The van der Waals surface area contributed by atoms with Gasteiger partial charge in [-0.1, -0.05) is 12.1 Å². The summed E-state index contributed by atoms with van der Waals surface area (Å²) in [6.45, 7) is 3.83. The molecule has 0 aromatic heterocycles. The van der Waals surface area contributed by atoms with Gasteiger partial charge in [-0.2, -0.15) is 0 Å². The molecule has 2 aromatic rings. The van der Waals surface area contributed by atoms with Crippen molar-refractivity contribution in [2.24, 2.45) is 0 Å². The Balaban J connectivity index is 2.21. The van der Waals surface area contributed by atoms with Gasteiger partial charge in [0, 0.05) is 23.9 Å². The summed E-state index contributed by atoms with van der Waals surface area (Å²) in [6, 6.07) is 11.6. The standard InChI is InChI=1S/C15H16N2O3/c1-10-8-14(18)6-7-15(10)16-11(2)12-4-3-5-13(9-12)17(19)20/h3-9,11,16,18H,1-2H3. The van der Waals surface area contributed by atoms with Crippen molar-refractivity contribution in [3.8, 4) is 5.75 Å². The van der Waals surface area contributed by atoms with Gasteiger partial charge in [-0.05, 0) is 43.2 Å². The van der Waals surface area contributed by atoms with E-state index in [1.165, 1.54) is 6.07 Å². The molecule has 0 aliphatic carbocycles. The van der Waals surface area contributed by atoms with Gasteiger partial charge in [-0.15, -0.1) is 0 Å². The summed E-state index contributed by atoms with van der Waals surface area (Å²) in [7, 11) is 0. The topological polar surface area (TPSA) is 75.4 Å². The maximum atomic E-state index is 10.8. The Hall–Kier alpha value is -2.56. The van der Waals surface area contributed by atoms with Crippen LogP contribution in [0.15, 0.2) is 42.5 Å². The lowest BCUT2D eigenvalue weighted by Gasteiger charge is -2.17. The Morgan fingerprint density at radius 2 is 2.00 bits per heavy atom. The van der Waals surface area contributed by atoms with E-state index in [4.69, 9.17) is 0 Å². The summed E-state index contributed by atoms with van der Waals surface area (Å²) in [5.74, 6) is 0.219. The van der Waals surface area contributed by atoms with Crippen molar-refractivity contribution < 1.29 is 10.0 Å². The third-order valence-electron chi connectivity index (χ3n) is 3.16. The number of phenols is 1. The Morgan fingerprint density at radius 1 is 1.25 bits per heavy atom. The van der Waals surface area contributed by atoms with Crippen molar-refractivity contribution in [1.82, 2.24) is 0 Å². The summed E-state index contributed by atoms with van der Waals surface area (Å²) in [6.07, 6.45) is 0. The van der Waals surface area contributed by atoms with E-state index in [2.05, 4.69) is 5.32 Å². The van der Waals surface area contributed by atoms with E-state index in [0.717, 1.165) is 16.8 Å². The average Bonchev–Trinajstić information content (AvgIpc) is 2.42. The minimum atomic E-state index is -0.401. The van der Waals surface area contributed by atoms with Gasteiger partial charge in [0.2, 0.25) is 0 Å². The molecule has 0 fully saturated rings. The van der Waals surface area contributed by atoms with E-state index in [1.807, 2.05) is 19.9 Å². The molecule has 2 rings (SSSR count). The molecule has 5 nitrogen and oxygen atoms in total. The van der Waals surface area contributed by atoms with E-state index in [0.29, 0.717) is 0 Å². The summed E-state index contributed by atoms with van der Waals surface area (Å²) >= 11 is 0. The van der Waals surface area contributed by atoms with Gasteiger partial charge in [0.25, 0.3) is 5.69 Å². The largest absolute Gasteiger partial charge is 0.508 e. The fourth-order valence-electron chi connectivity index (χ4n) is 2.03. The van der Waals surface area contributed by atoms with Crippen LogP contribution >= 0.6 is 0 Å². The molecule has 1 atom stereocenters. The van der Waals surface area contributed by atoms with Gasteiger partial charge >= 0.3 is 0 Å². The molecule has 1 unspecified atom stereocenters. The number of rotatable bonds is 4. The molecule has 0 amide bonds. The highest BCUT2D eigenvalue weighted by Gasteiger charge is 2.11. The second-order valence-electron chi connectivity index (χ2n) is 4.72. The molecule has 2 N–H and O–H groups in total. The second kappa shape index (κ2) is 5.61. The molecular formula is C15H16N2O3. The van der Waals surface area contributed by atoms with E-state index < -0.39 is 4.92 Å². The zero-order chi connectivity index (χ0) is 14.7. The SMILES string of the molecule is Cc1cc(O)ccc1NC(C)c1cccc([N+](=O)[O-])c1. The van der Waals surface area contributed by atoms with Gasteiger partial charge in [0.05, 0.1) is 4.92 Å². The number of hydrogen-bond acceptors (Lipinski definition) is 4. The normalized spacial score (nSPS) is 11.9. The van der Waals surface area contributed by atoms with E-state index in [9.17, 15) is 15.2 Å². The quantitative estimate of drug-likeness (QED) is 0.504.